The lowest BCUT2D eigenvalue weighted by Gasteiger charge is -2.29. The van der Waals surface area contributed by atoms with Gasteiger partial charge in [0.25, 0.3) is 0 Å². The molecular weight excluding hydrogens is 823 g/mol. The molecule has 63 heavy (non-hydrogen) atoms. The molecule has 0 spiro atoms. The summed E-state index contributed by atoms with van der Waals surface area (Å²) in [6, 6.07) is -4.17. The number of hydrogen-bond donors (Lipinski definition) is 11. The summed E-state index contributed by atoms with van der Waals surface area (Å²) >= 11 is 0. The van der Waals surface area contributed by atoms with Crippen LogP contribution in [-0.4, -0.2) is 135 Å². The van der Waals surface area contributed by atoms with Gasteiger partial charge in [0.15, 0.2) is 0 Å². The summed E-state index contributed by atoms with van der Waals surface area (Å²) in [5.41, 5.74) is 12.2. The van der Waals surface area contributed by atoms with Crippen LogP contribution in [0.5, 0.6) is 5.75 Å². The van der Waals surface area contributed by atoms with Crippen LogP contribution >= 0.6 is 0 Å². The molecule has 0 aliphatic carbocycles. The molecule has 2 rings (SSSR count). The number of carboxylic acids is 1. The maximum absolute atomic E-state index is 13.6. The average molecular weight is 890 g/mol. The zero-order valence-electron chi connectivity index (χ0n) is 37.1. The van der Waals surface area contributed by atoms with E-state index in [9.17, 15) is 58.5 Å². The second-order valence-electron chi connectivity index (χ2n) is 17.0. The smallest absolute Gasteiger partial charge is 0.326 e. The SMILES string of the molecule is CC[C@H](C)[C@H](NC(=O)[C@H](CC(C)C)NC(=O)[C@H](CC(C)C)NC(=O)[C@H](CO)NC(=O)[C@H](C)NC(=O)[C@H](CC(N)=O)NC(=O)[C@@H]1CCCN1C(=O)[C@@H](N)Cc1ccc(O)cc1)C(=O)O. The number of primary amides is 1. The van der Waals surface area contributed by atoms with E-state index in [1.54, 1.807) is 39.8 Å². The van der Waals surface area contributed by atoms with Gasteiger partial charge in [-0.2, -0.15) is 0 Å². The second-order valence-corrected chi connectivity index (χ2v) is 17.0. The number of likely N-dealkylation sites (tertiary alicyclic amines) is 1. The Hall–Kier alpha value is -5.83. The number of carboxylic acid groups (broad SMARTS) is 1. The number of hydrogen-bond acceptors (Lipinski definition) is 12. The van der Waals surface area contributed by atoms with Gasteiger partial charge < -0.3 is 63.6 Å². The van der Waals surface area contributed by atoms with E-state index in [2.05, 4.69) is 31.9 Å². The van der Waals surface area contributed by atoms with Crippen molar-refractivity contribution in [3.05, 3.63) is 29.8 Å². The van der Waals surface area contributed by atoms with Crippen LogP contribution in [-0.2, 0) is 49.6 Å². The van der Waals surface area contributed by atoms with Crippen LogP contribution in [0.15, 0.2) is 24.3 Å². The highest BCUT2D eigenvalue weighted by molar-refractivity contribution is 5.98. The summed E-state index contributed by atoms with van der Waals surface area (Å²) in [5, 5.41) is 44.1. The summed E-state index contributed by atoms with van der Waals surface area (Å²) in [5.74, 6) is -8.54. The van der Waals surface area contributed by atoms with Gasteiger partial charge in [-0.1, -0.05) is 60.1 Å². The fraction of sp³-hybridized carbons (Fsp3) is 0.643. The third-order valence-electron chi connectivity index (χ3n) is 10.6. The van der Waals surface area contributed by atoms with Crippen LogP contribution in [0.25, 0.3) is 0 Å². The Morgan fingerprint density at radius 3 is 1.73 bits per heavy atom. The number of nitrogens with two attached hydrogens (primary N) is 2. The monoisotopic (exact) mass is 889 g/mol. The van der Waals surface area contributed by atoms with Gasteiger partial charge in [0, 0.05) is 6.54 Å². The van der Waals surface area contributed by atoms with Crippen molar-refractivity contribution < 1.29 is 58.5 Å². The Labute approximate surface area is 367 Å². The van der Waals surface area contributed by atoms with E-state index in [1.165, 1.54) is 24.0 Å². The van der Waals surface area contributed by atoms with Gasteiger partial charge in [0.05, 0.1) is 19.1 Å². The van der Waals surface area contributed by atoms with E-state index >= 15 is 0 Å². The van der Waals surface area contributed by atoms with Gasteiger partial charge in [0.2, 0.25) is 47.3 Å². The number of nitrogens with zero attached hydrogens (tertiary/aromatic N) is 1. The molecule has 8 amide bonds. The van der Waals surface area contributed by atoms with Crippen LogP contribution in [0, 0.1) is 17.8 Å². The first kappa shape index (κ1) is 53.3. The van der Waals surface area contributed by atoms with E-state index in [0.717, 1.165) is 0 Å². The maximum atomic E-state index is 13.6. The Bertz CT molecular complexity index is 1780. The number of amides is 8. The summed E-state index contributed by atoms with van der Waals surface area (Å²) in [6.07, 6.45) is 0.816. The van der Waals surface area contributed by atoms with Crippen LogP contribution in [0.4, 0.5) is 0 Å². The lowest BCUT2D eigenvalue weighted by atomic mass is 9.97. The van der Waals surface area contributed by atoms with Gasteiger partial charge >= 0.3 is 5.97 Å². The number of benzene rings is 1. The fourth-order valence-electron chi connectivity index (χ4n) is 6.93. The number of aliphatic hydroxyl groups is 1. The minimum Gasteiger partial charge on any atom is -0.508 e. The highest BCUT2D eigenvalue weighted by Gasteiger charge is 2.39. The van der Waals surface area contributed by atoms with Crippen molar-refractivity contribution in [2.45, 2.75) is 142 Å². The predicted molar refractivity (Wildman–Crippen MR) is 229 cm³/mol. The Morgan fingerprint density at radius 2 is 1.24 bits per heavy atom. The molecule has 1 saturated heterocycles. The summed E-state index contributed by atoms with van der Waals surface area (Å²) in [7, 11) is 0. The third-order valence-corrected chi connectivity index (χ3v) is 10.6. The van der Waals surface area contributed by atoms with E-state index in [-0.39, 0.29) is 49.8 Å². The molecule has 1 aromatic carbocycles. The van der Waals surface area contributed by atoms with Gasteiger partial charge in [-0.3, -0.25) is 38.4 Å². The molecule has 1 aliphatic rings. The zero-order valence-corrected chi connectivity index (χ0v) is 37.1. The topological polar surface area (TPSA) is 342 Å². The van der Waals surface area contributed by atoms with E-state index in [1.807, 2.05) is 13.8 Å². The van der Waals surface area contributed by atoms with Gasteiger partial charge in [0.1, 0.15) is 48.0 Å². The predicted octanol–water partition coefficient (Wildman–Crippen LogP) is -1.73. The largest absolute Gasteiger partial charge is 0.508 e. The lowest BCUT2D eigenvalue weighted by Crippen LogP contribution is -2.60. The molecule has 21 heteroatoms. The van der Waals surface area contributed by atoms with Crippen LogP contribution in [0.1, 0.15) is 92.6 Å². The zero-order chi connectivity index (χ0) is 47.7. The van der Waals surface area contributed by atoms with Crippen molar-refractivity contribution in [2.75, 3.05) is 13.2 Å². The van der Waals surface area contributed by atoms with Crippen molar-refractivity contribution in [2.24, 2.45) is 29.2 Å². The Balaban J connectivity index is 2.13. The standard InChI is InChI=1S/C42H67N9O12/c1-8-23(6)34(42(62)63)50-38(58)29(17-22(4)5)46-37(57)28(16-21(2)3)47-39(59)31(20-52)49-35(55)24(7)45-36(56)30(19-33(44)54)48-40(60)32-10-9-15-51(32)41(61)27(43)18-25-11-13-26(53)14-12-25/h11-14,21-24,27-32,34,52-53H,8-10,15-20,43H2,1-7H3,(H2,44,54)(H,45,56)(H,46,57)(H,47,59)(H,48,60)(H,49,55)(H,50,58)(H,62,63)/t23-,24-,27-,28-,29-,30-,31-,32-,34-/m0/s1. The fourth-order valence-corrected chi connectivity index (χ4v) is 6.93. The number of phenols is 1. The first-order chi connectivity index (χ1) is 29.5. The first-order valence-electron chi connectivity index (χ1n) is 21.3. The summed E-state index contributed by atoms with van der Waals surface area (Å²) < 4.78 is 0. The molecule has 0 unspecified atom stereocenters. The van der Waals surface area contributed by atoms with Crippen LogP contribution in [0.2, 0.25) is 0 Å². The number of aliphatic hydroxyl groups excluding tert-OH is 1. The third kappa shape index (κ3) is 17.1. The normalized spacial score (nSPS) is 17.5. The molecule has 1 aliphatic heterocycles. The Morgan fingerprint density at radius 1 is 0.730 bits per heavy atom. The first-order valence-corrected chi connectivity index (χ1v) is 21.3. The summed E-state index contributed by atoms with van der Waals surface area (Å²) in [6.45, 7) is 11.1. The quantitative estimate of drug-likeness (QED) is 0.0521. The number of nitrogens with one attached hydrogen (secondary N) is 6. The molecule has 0 saturated carbocycles. The molecule has 9 atom stereocenters. The number of rotatable bonds is 25. The van der Waals surface area contributed by atoms with Crippen LogP contribution < -0.4 is 43.4 Å². The lowest BCUT2D eigenvalue weighted by molar-refractivity contribution is -0.144. The van der Waals surface area contributed by atoms with E-state index < -0.39 is 121 Å². The molecule has 21 nitrogen and oxygen atoms in total. The number of carbonyl (C=O) groups is 9. The molecule has 0 aromatic heterocycles. The molecule has 0 radical (unpaired) electrons. The van der Waals surface area contributed by atoms with Gasteiger partial charge in [-0.25, -0.2) is 4.79 Å². The number of phenolic OH excluding ortho intramolecular Hbond substituents is 1. The number of carbonyl (C=O) groups excluding carboxylic acids is 8. The van der Waals surface area contributed by atoms with Crippen molar-refractivity contribution in [1.29, 1.82) is 0 Å². The summed E-state index contributed by atoms with van der Waals surface area (Å²) in [4.78, 5) is 119. The highest BCUT2D eigenvalue weighted by Crippen LogP contribution is 2.20. The second kappa shape index (κ2) is 25.3. The molecule has 0 bridgehead atoms. The van der Waals surface area contributed by atoms with Crippen molar-refractivity contribution in [1.82, 2.24) is 36.8 Å². The highest BCUT2D eigenvalue weighted by atomic mass is 16.4. The van der Waals surface area contributed by atoms with Crippen molar-refractivity contribution in [3.8, 4) is 5.75 Å². The average Bonchev–Trinajstić information content (AvgIpc) is 3.70. The van der Waals surface area contributed by atoms with Crippen molar-refractivity contribution >= 4 is 53.2 Å². The minimum atomic E-state index is -1.63. The minimum absolute atomic E-state index is 0.0418. The molecule has 13 N–H and O–H groups in total. The van der Waals surface area contributed by atoms with E-state index in [4.69, 9.17) is 11.5 Å². The van der Waals surface area contributed by atoms with Gasteiger partial charge in [-0.05, 0) is 74.5 Å². The molecule has 1 aromatic rings. The molecule has 1 heterocycles. The number of aromatic hydroxyl groups is 1. The Kier molecular flexibility index (Phi) is 21.4. The molecule has 352 valence electrons. The van der Waals surface area contributed by atoms with E-state index in [0.29, 0.717) is 18.4 Å². The number of aliphatic carboxylic acids is 1. The van der Waals surface area contributed by atoms with Crippen molar-refractivity contribution in [3.63, 3.8) is 0 Å². The maximum Gasteiger partial charge on any atom is 0.326 e. The molecular formula is C42H67N9O12. The van der Waals surface area contributed by atoms with Gasteiger partial charge in [-0.15, -0.1) is 0 Å². The van der Waals surface area contributed by atoms with Crippen LogP contribution in [0.3, 0.4) is 0 Å². The molecule has 1 fully saturated rings.